The highest BCUT2D eigenvalue weighted by molar-refractivity contribution is 5.96. The molecule has 10 nitrogen and oxygen atoms in total. The highest BCUT2D eigenvalue weighted by atomic mass is 16.6. The van der Waals surface area contributed by atoms with Crippen LogP contribution in [0, 0.1) is 10.1 Å². The zero-order valence-electron chi connectivity index (χ0n) is 16.3. The van der Waals surface area contributed by atoms with Crippen molar-refractivity contribution >= 4 is 23.3 Å². The fourth-order valence-electron chi connectivity index (χ4n) is 3.23. The largest absolute Gasteiger partial charge is 0.465 e. The molecule has 1 fully saturated rings. The Morgan fingerprint density at radius 3 is 2.62 bits per heavy atom. The number of carbonyl (C=O) groups excluding carboxylic acids is 1. The maximum atomic E-state index is 11.9. The van der Waals surface area contributed by atoms with Crippen LogP contribution in [0.2, 0.25) is 0 Å². The van der Waals surface area contributed by atoms with E-state index < -0.39 is 10.9 Å². The van der Waals surface area contributed by atoms with Gasteiger partial charge in [0, 0.05) is 62.9 Å². The second kappa shape index (κ2) is 9.78. The number of benzene rings is 1. The SMILES string of the molecule is COC(=O)c1cc([N+](=O)[O-])ccc1NCCCN1CCN(c2ncccn2)CC1. The van der Waals surface area contributed by atoms with E-state index in [0.717, 1.165) is 45.1 Å². The standard InChI is InChI=1S/C19H24N6O4/c1-29-18(26)16-14-15(25(27)28)4-5-17(16)20-8-3-9-23-10-12-24(13-11-23)19-21-6-2-7-22-19/h2,4-7,14,20H,3,8-13H2,1H3. The van der Waals surface area contributed by atoms with Crippen molar-refractivity contribution in [2.75, 3.05) is 56.6 Å². The molecule has 10 heteroatoms. The first-order valence-corrected chi connectivity index (χ1v) is 9.43. The number of methoxy groups -OCH3 is 1. The molecule has 3 rings (SSSR count). The van der Waals surface area contributed by atoms with E-state index >= 15 is 0 Å². The molecule has 1 aromatic heterocycles. The van der Waals surface area contributed by atoms with Crippen molar-refractivity contribution in [3.05, 3.63) is 52.3 Å². The van der Waals surface area contributed by atoms with E-state index in [0.29, 0.717) is 12.2 Å². The lowest BCUT2D eigenvalue weighted by Crippen LogP contribution is -2.47. The Bertz CT molecular complexity index is 840. The van der Waals surface area contributed by atoms with Crippen molar-refractivity contribution in [2.45, 2.75) is 6.42 Å². The quantitative estimate of drug-likeness (QED) is 0.306. The number of hydrogen-bond donors (Lipinski definition) is 1. The summed E-state index contributed by atoms with van der Waals surface area (Å²) >= 11 is 0. The number of nitrogens with zero attached hydrogens (tertiary/aromatic N) is 5. The molecule has 0 saturated carbocycles. The molecular formula is C19H24N6O4. The van der Waals surface area contributed by atoms with Gasteiger partial charge in [0.1, 0.15) is 0 Å². The summed E-state index contributed by atoms with van der Waals surface area (Å²) in [5.41, 5.74) is 0.558. The summed E-state index contributed by atoms with van der Waals surface area (Å²) in [4.78, 5) is 35.5. The first kappa shape index (κ1) is 20.5. The van der Waals surface area contributed by atoms with Gasteiger partial charge in [-0.05, 0) is 25.1 Å². The molecule has 0 amide bonds. The van der Waals surface area contributed by atoms with Gasteiger partial charge in [0.15, 0.2) is 0 Å². The fourth-order valence-corrected chi connectivity index (χ4v) is 3.23. The smallest absolute Gasteiger partial charge is 0.340 e. The zero-order chi connectivity index (χ0) is 20.6. The van der Waals surface area contributed by atoms with Gasteiger partial charge >= 0.3 is 5.97 Å². The number of nitro benzene ring substituents is 1. The van der Waals surface area contributed by atoms with Gasteiger partial charge in [-0.15, -0.1) is 0 Å². The highest BCUT2D eigenvalue weighted by Gasteiger charge is 2.19. The Balaban J connectivity index is 1.46. The average Bonchev–Trinajstić information content (AvgIpc) is 2.77. The summed E-state index contributed by atoms with van der Waals surface area (Å²) < 4.78 is 4.74. The van der Waals surface area contributed by atoms with E-state index in [9.17, 15) is 14.9 Å². The number of anilines is 2. The van der Waals surface area contributed by atoms with Crippen LogP contribution < -0.4 is 10.2 Å². The second-order valence-corrected chi connectivity index (χ2v) is 6.64. The number of ether oxygens (including phenoxy) is 1. The molecule has 1 N–H and O–H groups in total. The van der Waals surface area contributed by atoms with Gasteiger partial charge in [-0.2, -0.15) is 0 Å². The van der Waals surface area contributed by atoms with E-state index in [4.69, 9.17) is 4.74 Å². The predicted octanol–water partition coefficient (Wildman–Crippen LogP) is 1.80. The van der Waals surface area contributed by atoms with Crippen LogP contribution in [0.5, 0.6) is 0 Å². The van der Waals surface area contributed by atoms with Crippen LogP contribution >= 0.6 is 0 Å². The van der Waals surface area contributed by atoms with Gasteiger partial charge in [-0.3, -0.25) is 15.0 Å². The molecule has 1 aliphatic heterocycles. The Morgan fingerprint density at radius 1 is 1.24 bits per heavy atom. The molecule has 1 aliphatic rings. The predicted molar refractivity (Wildman–Crippen MR) is 108 cm³/mol. The number of hydrogen-bond acceptors (Lipinski definition) is 9. The molecule has 2 aromatic rings. The molecule has 0 spiro atoms. The van der Waals surface area contributed by atoms with Crippen molar-refractivity contribution in [2.24, 2.45) is 0 Å². The van der Waals surface area contributed by atoms with Gasteiger partial charge in [-0.1, -0.05) is 0 Å². The zero-order valence-corrected chi connectivity index (χ0v) is 16.3. The summed E-state index contributed by atoms with van der Waals surface area (Å²) in [6, 6.07) is 5.96. The molecule has 0 aliphatic carbocycles. The monoisotopic (exact) mass is 400 g/mol. The molecule has 1 aromatic carbocycles. The van der Waals surface area contributed by atoms with Gasteiger partial charge in [0.25, 0.3) is 5.69 Å². The van der Waals surface area contributed by atoms with Crippen molar-refractivity contribution in [3.8, 4) is 0 Å². The Labute approximate surface area is 168 Å². The lowest BCUT2D eigenvalue weighted by atomic mass is 10.1. The lowest BCUT2D eigenvalue weighted by Gasteiger charge is -2.34. The average molecular weight is 400 g/mol. The van der Waals surface area contributed by atoms with Gasteiger partial charge < -0.3 is 15.0 Å². The molecule has 2 heterocycles. The third-order valence-corrected chi connectivity index (χ3v) is 4.79. The van der Waals surface area contributed by atoms with E-state index in [1.807, 2.05) is 6.07 Å². The first-order chi connectivity index (χ1) is 14.1. The highest BCUT2D eigenvalue weighted by Crippen LogP contribution is 2.23. The molecule has 1 saturated heterocycles. The van der Waals surface area contributed by atoms with Crippen LogP contribution in [0.25, 0.3) is 0 Å². The number of rotatable bonds is 8. The lowest BCUT2D eigenvalue weighted by molar-refractivity contribution is -0.384. The van der Waals surface area contributed by atoms with Crippen molar-refractivity contribution in [1.82, 2.24) is 14.9 Å². The number of piperazine rings is 1. The molecular weight excluding hydrogens is 376 g/mol. The summed E-state index contributed by atoms with van der Waals surface area (Å²) in [6.07, 6.45) is 4.38. The van der Waals surface area contributed by atoms with Crippen LogP contribution in [0.4, 0.5) is 17.3 Å². The summed E-state index contributed by atoms with van der Waals surface area (Å²) in [7, 11) is 1.26. The second-order valence-electron chi connectivity index (χ2n) is 6.64. The molecule has 0 unspecified atom stereocenters. The van der Waals surface area contributed by atoms with Crippen LogP contribution in [-0.4, -0.2) is 72.1 Å². The van der Waals surface area contributed by atoms with Crippen molar-refractivity contribution in [1.29, 1.82) is 0 Å². The van der Waals surface area contributed by atoms with Crippen molar-refractivity contribution < 1.29 is 14.5 Å². The minimum Gasteiger partial charge on any atom is -0.465 e. The van der Waals surface area contributed by atoms with E-state index in [1.54, 1.807) is 18.5 Å². The van der Waals surface area contributed by atoms with Crippen LogP contribution in [0.3, 0.4) is 0 Å². The molecule has 0 bridgehead atoms. The normalized spacial score (nSPS) is 14.4. The maximum Gasteiger partial charge on any atom is 0.340 e. The summed E-state index contributed by atoms with van der Waals surface area (Å²) in [5, 5.41) is 14.1. The fraction of sp³-hybridized carbons (Fsp3) is 0.421. The number of nitro groups is 1. The number of nitrogens with one attached hydrogen (secondary N) is 1. The van der Waals surface area contributed by atoms with Crippen LogP contribution in [-0.2, 0) is 4.74 Å². The summed E-state index contributed by atoms with van der Waals surface area (Å²) in [6.45, 7) is 5.19. The number of non-ortho nitro benzene ring substituents is 1. The van der Waals surface area contributed by atoms with Crippen LogP contribution in [0.1, 0.15) is 16.8 Å². The van der Waals surface area contributed by atoms with Gasteiger partial charge in [-0.25, -0.2) is 14.8 Å². The number of carbonyl (C=O) groups is 1. The Hall–Kier alpha value is -3.27. The van der Waals surface area contributed by atoms with E-state index in [-0.39, 0.29) is 11.3 Å². The minimum atomic E-state index is -0.601. The van der Waals surface area contributed by atoms with Gasteiger partial charge in [0.05, 0.1) is 17.6 Å². The van der Waals surface area contributed by atoms with Crippen molar-refractivity contribution in [3.63, 3.8) is 0 Å². The molecule has 29 heavy (non-hydrogen) atoms. The third-order valence-electron chi connectivity index (χ3n) is 4.79. The van der Waals surface area contributed by atoms with E-state index in [1.165, 1.54) is 19.2 Å². The van der Waals surface area contributed by atoms with Gasteiger partial charge in [0.2, 0.25) is 5.95 Å². The Morgan fingerprint density at radius 2 is 1.97 bits per heavy atom. The van der Waals surface area contributed by atoms with E-state index in [2.05, 4.69) is 25.1 Å². The Kier molecular flexibility index (Phi) is 6.90. The number of aromatic nitrogens is 2. The first-order valence-electron chi connectivity index (χ1n) is 9.43. The molecule has 0 atom stereocenters. The minimum absolute atomic E-state index is 0.142. The third kappa shape index (κ3) is 5.38. The maximum absolute atomic E-state index is 11.9. The number of esters is 1. The molecule has 0 radical (unpaired) electrons. The summed E-state index contributed by atoms with van der Waals surface area (Å²) in [5.74, 6) is 0.165. The topological polar surface area (TPSA) is 114 Å². The van der Waals surface area contributed by atoms with Crippen LogP contribution in [0.15, 0.2) is 36.7 Å². The molecule has 154 valence electrons.